The number of β-lactam (4-membered cyclic amide) rings is 1. The van der Waals surface area contributed by atoms with Crippen LogP contribution in [-0.2, 0) is 27.9 Å². The average Bonchev–Trinajstić information content (AvgIpc) is 3.32. The van der Waals surface area contributed by atoms with Crippen LogP contribution in [0.4, 0.5) is 24.9 Å². The number of nitrogen functional groups attached to an aromatic ring is 1. The number of carbonyl (C=O) groups is 3. The fraction of sp³-hybridized carbons (Fsp3) is 0.346. The van der Waals surface area contributed by atoms with Crippen LogP contribution >= 0.6 is 0 Å². The number of rotatable bonds is 8. The Morgan fingerprint density at radius 1 is 1.13 bits per heavy atom. The Morgan fingerprint density at radius 3 is 2.50 bits per heavy atom. The van der Waals surface area contributed by atoms with E-state index in [1.807, 2.05) is 0 Å². The van der Waals surface area contributed by atoms with E-state index in [0.29, 0.717) is 11.5 Å². The molecule has 3 atom stereocenters. The molecule has 4 rings (SSSR count). The molecule has 0 unspecified atom stereocenters. The molecule has 0 radical (unpaired) electrons. The second kappa shape index (κ2) is 10.6. The molecule has 12 heteroatoms. The van der Waals surface area contributed by atoms with Crippen molar-refractivity contribution in [2.45, 2.75) is 38.1 Å². The van der Waals surface area contributed by atoms with Crippen molar-refractivity contribution in [1.29, 1.82) is 0 Å². The van der Waals surface area contributed by atoms with Crippen LogP contribution in [0.2, 0.25) is 0 Å². The second-order valence-corrected chi connectivity index (χ2v) is 9.26. The Kier molecular flexibility index (Phi) is 7.51. The number of aromatic nitrogens is 3. The minimum atomic E-state index is -1.63. The minimum absolute atomic E-state index is 0.134. The number of benzene rings is 1. The Balaban J connectivity index is 1.63. The van der Waals surface area contributed by atoms with E-state index in [2.05, 4.69) is 9.97 Å². The Bertz CT molecular complexity index is 1390. The monoisotopic (exact) mass is 528 g/mol. The molecule has 2 N–H and O–H groups in total. The number of hydrogen-bond donors (Lipinski definition) is 1. The first-order chi connectivity index (χ1) is 18.0. The molecule has 1 aromatic carbocycles. The SMILES string of the molecule is CC[C@@H](CC(=O)N1C(=O)[C@H](Cc2ccnc(N)c2)[C@H]1C(=O)N(C)c1nccn1C)c1ccc(F)c(F)c1F. The maximum absolute atomic E-state index is 14.5. The van der Waals surface area contributed by atoms with E-state index in [9.17, 15) is 27.6 Å². The van der Waals surface area contributed by atoms with Crippen molar-refractivity contribution in [3.05, 3.63) is 71.4 Å². The molecule has 0 bridgehead atoms. The van der Waals surface area contributed by atoms with Crippen LogP contribution in [0.15, 0.2) is 42.9 Å². The van der Waals surface area contributed by atoms with Crippen LogP contribution in [0.25, 0.3) is 0 Å². The van der Waals surface area contributed by atoms with Crippen LogP contribution in [0.1, 0.15) is 36.8 Å². The normalized spacial score (nSPS) is 17.7. The van der Waals surface area contributed by atoms with Crippen LogP contribution in [0.5, 0.6) is 0 Å². The summed E-state index contributed by atoms with van der Waals surface area (Å²) in [6, 6.07) is 3.97. The molecular formula is C26H27F3N6O3. The lowest BCUT2D eigenvalue weighted by Gasteiger charge is -2.46. The minimum Gasteiger partial charge on any atom is -0.384 e. The maximum atomic E-state index is 14.5. The molecular weight excluding hydrogens is 501 g/mol. The summed E-state index contributed by atoms with van der Waals surface area (Å²) in [5, 5.41) is 0. The van der Waals surface area contributed by atoms with Gasteiger partial charge < -0.3 is 10.3 Å². The maximum Gasteiger partial charge on any atom is 0.253 e. The number of pyridine rings is 1. The van der Waals surface area contributed by atoms with Crippen LogP contribution in [-0.4, -0.2) is 50.2 Å². The first kappa shape index (κ1) is 26.8. The highest BCUT2D eigenvalue weighted by atomic mass is 19.2. The van der Waals surface area contributed by atoms with E-state index in [4.69, 9.17) is 5.73 Å². The highest BCUT2D eigenvalue weighted by Crippen LogP contribution is 2.36. The molecule has 0 spiro atoms. The number of nitrogens with two attached hydrogens (primary N) is 1. The Labute approximate surface area is 217 Å². The number of likely N-dealkylation sites (tertiary alicyclic amines) is 1. The number of anilines is 2. The van der Waals surface area contributed by atoms with Gasteiger partial charge in [-0.1, -0.05) is 13.0 Å². The number of halogens is 3. The van der Waals surface area contributed by atoms with Gasteiger partial charge in [0.15, 0.2) is 17.5 Å². The van der Waals surface area contributed by atoms with E-state index >= 15 is 0 Å². The second-order valence-electron chi connectivity index (χ2n) is 9.26. The van der Waals surface area contributed by atoms with E-state index in [1.54, 1.807) is 36.9 Å². The van der Waals surface area contributed by atoms with Crippen molar-refractivity contribution >= 4 is 29.5 Å². The standard InChI is InChI=1S/C26H27F3N6O3/c1-4-15(16-5-6-18(27)22(29)21(16)28)13-20(36)35-23(25(38)34(3)26-32-9-10-33(26)2)17(24(35)37)11-14-7-8-31-19(30)12-14/h5-10,12,15,17,23H,4,11,13H2,1-3H3,(H2,30,31)/t15-,17+,23-/m0/s1. The van der Waals surface area contributed by atoms with E-state index in [-0.39, 0.29) is 30.6 Å². The summed E-state index contributed by atoms with van der Waals surface area (Å²) in [6.07, 6.45) is 4.60. The van der Waals surface area contributed by atoms with Crippen LogP contribution in [0, 0.1) is 23.4 Å². The molecule has 3 amide bonds. The zero-order valence-electron chi connectivity index (χ0n) is 21.1. The summed E-state index contributed by atoms with van der Waals surface area (Å²) >= 11 is 0. The first-order valence-corrected chi connectivity index (χ1v) is 12.0. The van der Waals surface area contributed by atoms with Crippen molar-refractivity contribution in [1.82, 2.24) is 19.4 Å². The molecule has 1 fully saturated rings. The summed E-state index contributed by atoms with van der Waals surface area (Å²) < 4.78 is 43.4. The van der Waals surface area contributed by atoms with Gasteiger partial charge in [0.2, 0.25) is 17.8 Å². The first-order valence-electron chi connectivity index (χ1n) is 12.0. The predicted molar refractivity (Wildman–Crippen MR) is 132 cm³/mol. The largest absolute Gasteiger partial charge is 0.384 e. The zero-order chi connectivity index (χ0) is 27.7. The molecule has 1 aliphatic rings. The summed E-state index contributed by atoms with van der Waals surface area (Å²) in [6.45, 7) is 1.66. The van der Waals surface area contributed by atoms with E-state index < -0.39 is 53.1 Å². The van der Waals surface area contributed by atoms with Gasteiger partial charge in [0.1, 0.15) is 11.9 Å². The number of amides is 3. The topological polar surface area (TPSA) is 114 Å². The Hall–Kier alpha value is -4.22. The van der Waals surface area contributed by atoms with E-state index in [0.717, 1.165) is 17.0 Å². The molecule has 200 valence electrons. The summed E-state index contributed by atoms with van der Waals surface area (Å²) in [7, 11) is 3.18. The molecule has 1 saturated heterocycles. The van der Waals surface area contributed by atoms with Gasteiger partial charge in [-0.15, -0.1) is 0 Å². The molecule has 9 nitrogen and oxygen atoms in total. The van der Waals surface area contributed by atoms with Gasteiger partial charge in [-0.3, -0.25) is 24.2 Å². The number of imide groups is 1. The zero-order valence-corrected chi connectivity index (χ0v) is 21.1. The van der Waals surface area contributed by atoms with Gasteiger partial charge in [-0.05, 0) is 48.1 Å². The third-order valence-corrected chi connectivity index (χ3v) is 6.88. The number of aryl methyl sites for hydroxylation is 1. The molecule has 3 heterocycles. The van der Waals surface area contributed by atoms with Gasteiger partial charge >= 0.3 is 0 Å². The van der Waals surface area contributed by atoms with Gasteiger partial charge in [0.05, 0.1) is 5.92 Å². The van der Waals surface area contributed by atoms with Gasteiger partial charge in [0.25, 0.3) is 5.91 Å². The van der Waals surface area contributed by atoms with Crippen molar-refractivity contribution in [3.63, 3.8) is 0 Å². The fourth-order valence-corrected chi connectivity index (χ4v) is 4.80. The number of likely N-dealkylation sites (N-methyl/N-ethyl adjacent to an activating group) is 1. The summed E-state index contributed by atoms with van der Waals surface area (Å²) in [4.78, 5) is 50.4. The average molecular weight is 529 g/mol. The van der Waals surface area contributed by atoms with Crippen LogP contribution in [0.3, 0.4) is 0 Å². The van der Waals surface area contributed by atoms with Gasteiger partial charge in [-0.2, -0.15) is 0 Å². The number of imidazole rings is 1. The molecule has 0 saturated carbocycles. The highest BCUT2D eigenvalue weighted by Gasteiger charge is 2.55. The third kappa shape index (κ3) is 4.85. The number of carbonyl (C=O) groups excluding carboxylic acids is 3. The Morgan fingerprint density at radius 2 is 1.87 bits per heavy atom. The lowest BCUT2D eigenvalue weighted by molar-refractivity contribution is -0.170. The van der Waals surface area contributed by atoms with Crippen LogP contribution < -0.4 is 10.6 Å². The predicted octanol–water partition coefficient (Wildman–Crippen LogP) is 2.96. The third-order valence-electron chi connectivity index (χ3n) is 6.88. The van der Waals surface area contributed by atoms with E-state index in [1.165, 1.54) is 24.3 Å². The molecule has 2 aromatic heterocycles. The lowest BCUT2D eigenvalue weighted by atomic mass is 9.80. The number of nitrogens with zero attached hydrogens (tertiary/aromatic N) is 5. The van der Waals surface area contributed by atoms with Gasteiger partial charge in [-0.25, -0.2) is 23.1 Å². The van der Waals surface area contributed by atoms with Crippen molar-refractivity contribution < 1.29 is 27.6 Å². The van der Waals surface area contributed by atoms with Gasteiger partial charge in [0, 0.05) is 39.1 Å². The number of hydrogen-bond acceptors (Lipinski definition) is 6. The molecule has 1 aliphatic heterocycles. The lowest BCUT2D eigenvalue weighted by Crippen LogP contribution is -2.69. The molecule has 38 heavy (non-hydrogen) atoms. The smallest absolute Gasteiger partial charge is 0.253 e. The van der Waals surface area contributed by atoms with Crippen molar-refractivity contribution in [2.24, 2.45) is 13.0 Å². The quantitative estimate of drug-likeness (QED) is 0.355. The van der Waals surface area contributed by atoms with Crippen molar-refractivity contribution in [2.75, 3.05) is 17.7 Å². The fourth-order valence-electron chi connectivity index (χ4n) is 4.80. The van der Waals surface area contributed by atoms with Crippen molar-refractivity contribution in [3.8, 4) is 0 Å². The highest BCUT2D eigenvalue weighted by molar-refractivity contribution is 6.12. The molecule has 3 aromatic rings. The summed E-state index contributed by atoms with van der Waals surface area (Å²) in [5.74, 6) is -7.33. The summed E-state index contributed by atoms with van der Waals surface area (Å²) in [5.41, 5.74) is 6.24. The molecule has 0 aliphatic carbocycles.